The normalized spacial score (nSPS) is 13.1. The second-order valence-electron chi connectivity index (χ2n) is 6.09. The summed E-state index contributed by atoms with van der Waals surface area (Å²) in [7, 11) is 0. The van der Waals surface area contributed by atoms with Crippen molar-refractivity contribution in [2.45, 2.75) is 39.2 Å². The van der Waals surface area contributed by atoms with Crippen LogP contribution in [-0.2, 0) is 5.41 Å². The molecule has 3 heteroatoms. The summed E-state index contributed by atoms with van der Waals surface area (Å²) < 4.78 is 5.85. The Morgan fingerprint density at radius 2 is 1.85 bits per heavy atom. The first kappa shape index (κ1) is 14.5. The van der Waals surface area contributed by atoms with E-state index in [-0.39, 0.29) is 11.5 Å². The van der Waals surface area contributed by atoms with Gasteiger partial charge in [-0.3, -0.25) is 4.98 Å². The lowest BCUT2D eigenvalue weighted by Gasteiger charge is -2.19. The maximum atomic E-state index is 5.85. The monoisotopic (exact) mass is 270 g/mol. The molecule has 1 aromatic carbocycles. The van der Waals surface area contributed by atoms with Crippen molar-refractivity contribution in [3.8, 4) is 11.5 Å². The number of hydrogen-bond donors (Lipinski definition) is 1. The summed E-state index contributed by atoms with van der Waals surface area (Å²) in [4.78, 5) is 4.30. The Labute approximate surface area is 120 Å². The number of nitrogens with zero attached hydrogens (tertiary/aromatic N) is 1. The molecule has 0 aliphatic heterocycles. The van der Waals surface area contributed by atoms with Gasteiger partial charge in [0.15, 0.2) is 0 Å². The molecule has 0 amide bonds. The van der Waals surface area contributed by atoms with Crippen LogP contribution in [0.25, 0.3) is 0 Å². The standard InChI is InChI=1S/C17H22N2O/c1-12(18)16-9-8-15(11-19-16)20-14-7-5-6-13(10-14)17(2,3)4/h5-12H,18H2,1-4H3/t12-/m0/s1. The summed E-state index contributed by atoms with van der Waals surface area (Å²) in [5.74, 6) is 1.55. The summed E-state index contributed by atoms with van der Waals surface area (Å²) in [6, 6.07) is 11.9. The highest BCUT2D eigenvalue weighted by Crippen LogP contribution is 2.28. The lowest BCUT2D eigenvalue weighted by atomic mass is 9.87. The summed E-state index contributed by atoms with van der Waals surface area (Å²) in [6.07, 6.45) is 1.71. The van der Waals surface area contributed by atoms with Crippen molar-refractivity contribution in [3.05, 3.63) is 53.9 Å². The Bertz CT molecular complexity index is 568. The molecule has 1 heterocycles. The predicted molar refractivity (Wildman–Crippen MR) is 82.1 cm³/mol. The average Bonchev–Trinajstić information content (AvgIpc) is 2.38. The van der Waals surface area contributed by atoms with E-state index in [1.165, 1.54) is 5.56 Å². The Hall–Kier alpha value is -1.87. The van der Waals surface area contributed by atoms with Gasteiger partial charge in [-0.2, -0.15) is 0 Å². The molecule has 2 rings (SSSR count). The average molecular weight is 270 g/mol. The van der Waals surface area contributed by atoms with Crippen molar-refractivity contribution in [2.75, 3.05) is 0 Å². The van der Waals surface area contributed by atoms with Crippen LogP contribution in [0.5, 0.6) is 11.5 Å². The predicted octanol–water partition coefficient (Wildman–Crippen LogP) is 4.19. The van der Waals surface area contributed by atoms with Crippen molar-refractivity contribution >= 4 is 0 Å². The number of hydrogen-bond acceptors (Lipinski definition) is 3. The molecule has 2 N–H and O–H groups in total. The van der Waals surface area contributed by atoms with E-state index in [2.05, 4.69) is 37.9 Å². The summed E-state index contributed by atoms with van der Waals surface area (Å²) in [6.45, 7) is 8.47. The molecule has 3 nitrogen and oxygen atoms in total. The molecular formula is C17H22N2O. The fourth-order valence-corrected chi connectivity index (χ4v) is 1.88. The minimum Gasteiger partial charge on any atom is -0.456 e. The van der Waals surface area contributed by atoms with E-state index in [1.807, 2.05) is 31.2 Å². The van der Waals surface area contributed by atoms with Crippen LogP contribution in [-0.4, -0.2) is 4.98 Å². The Kier molecular flexibility index (Phi) is 4.09. The van der Waals surface area contributed by atoms with Gasteiger partial charge in [0, 0.05) is 6.04 Å². The van der Waals surface area contributed by atoms with E-state index in [0.29, 0.717) is 0 Å². The third-order valence-corrected chi connectivity index (χ3v) is 3.16. The molecule has 0 bridgehead atoms. The van der Waals surface area contributed by atoms with Crippen molar-refractivity contribution in [3.63, 3.8) is 0 Å². The van der Waals surface area contributed by atoms with Crippen LogP contribution >= 0.6 is 0 Å². The molecule has 0 fully saturated rings. The van der Waals surface area contributed by atoms with Gasteiger partial charge in [0.1, 0.15) is 11.5 Å². The van der Waals surface area contributed by atoms with Crippen molar-refractivity contribution in [1.29, 1.82) is 0 Å². The van der Waals surface area contributed by atoms with Gasteiger partial charge in [-0.1, -0.05) is 32.9 Å². The smallest absolute Gasteiger partial charge is 0.145 e. The minimum absolute atomic E-state index is 0.0618. The van der Waals surface area contributed by atoms with Gasteiger partial charge in [0.05, 0.1) is 11.9 Å². The molecule has 0 aliphatic rings. The molecule has 1 atom stereocenters. The summed E-state index contributed by atoms with van der Waals surface area (Å²) >= 11 is 0. The minimum atomic E-state index is -0.0618. The van der Waals surface area contributed by atoms with Crippen LogP contribution in [0.15, 0.2) is 42.6 Å². The van der Waals surface area contributed by atoms with Gasteiger partial charge < -0.3 is 10.5 Å². The van der Waals surface area contributed by atoms with Gasteiger partial charge in [-0.05, 0) is 42.2 Å². The number of rotatable bonds is 3. The second-order valence-corrected chi connectivity index (χ2v) is 6.09. The fraction of sp³-hybridized carbons (Fsp3) is 0.353. The van der Waals surface area contributed by atoms with Crippen molar-refractivity contribution in [2.24, 2.45) is 5.73 Å². The molecule has 0 saturated heterocycles. The molecule has 0 radical (unpaired) electrons. The van der Waals surface area contributed by atoms with Crippen LogP contribution in [0.1, 0.15) is 45.0 Å². The maximum Gasteiger partial charge on any atom is 0.145 e. The highest BCUT2D eigenvalue weighted by Gasteiger charge is 2.14. The van der Waals surface area contributed by atoms with Crippen LogP contribution in [0.2, 0.25) is 0 Å². The van der Waals surface area contributed by atoms with E-state index < -0.39 is 0 Å². The van der Waals surface area contributed by atoms with E-state index >= 15 is 0 Å². The number of benzene rings is 1. The molecular weight excluding hydrogens is 248 g/mol. The van der Waals surface area contributed by atoms with Crippen LogP contribution in [0.3, 0.4) is 0 Å². The third-order valence-electron chi connectivity index (χ3n) is 3.16. The molecule has 106 valence electrons. The SMILES string of the molecule is C[C@H](N)c1ccc(Oc2cccc(C(C)(C)C)c2)cn1. The first-order valence-electron chi connectivity index (χ1n) is 6.86. The van der Waals surface area contributed by atoms with Crippen LogP contribution < -0.4 is 10.5 Å². The van der Waals surface area contributed by atoms with Crippen molar-refractivity contribution < 1.29 is 4.74 Å². The zero-order chi connectivity index (χ0) is 14.8. The van der Waals surface area contributed by atoms with E-state index in [0.717, 1.165) is 17.2 Å². The topological polar surface area (TPSA) is 48.1 Å². The molecule has 1 aromatic heterocycles. The van der Waals surface area contributed by atoms with Gasteiger partial charge in [-0.25, -0.2) is 0 Å². The fourth-order valence-electron chi connectivity index (χ4n) is 1.88. The summed E-state index contributed by atoms with van der Waals surface area (Å²) in [5.41, 5.74) is 8.00. The number of aromatic nitrogens is 1. The molecule has 2 aromatic rings. The zero-order valence-corrected chi connectivity index (χ0v) is 12.6. The van der Waals surface area contributed by atoms with Gasteiger partial charge in [-0.15, -0.1) is 0 Å². The second kappa shape index (κ2) is 5.63. The molecule has 0 spiro atoms. The Morgan fingerprint density at radius 3 is 2.40 bits per heavy atom. The molecule has 0 aliphatic carbocycles. The Balaban J connectivity index is 2.18. The third kappa shape index (κ3) is 3.58. The van der Waals surface area contributed by atoms with Gasteiger partial charge in [0.25, 0.3) is 0 Å². The quantitative estimate of drug-likeness (QED) is 0.909. The maximum absolute atomic E-state index is 5.85. The Morgan fingerprint density at radius 1 is 1.10 bits per heavy atom. The number of pyridine rings is 1. The molecule has 20 heavy (non-hydrogen) atoms. The summed E-state index contributed by atoms with van der Waals surface area (Å²) in [5, 5.41) is 0. The number of nitrogens with two attached hydrogens (primary N) is 1. The molecule has 0 saturated carbocycles. The highest BCUT2D eigenvalue weighted by molar-refractivity contribution is 5.36. The lowest BCUT2D eigenvalue weighted by molar-refractivity contribution is 0.475. The van der Waals surface area contributed by atoms with Crippen LogP contribution in [0, 0.1) is 0 Å². The molecule has 0 unspecified atom stereocenters. The number of ether oxygens (including phenoxy) is 1. The van der Waals surface area contributed by atoms with E-state index in [1.54, 1.807) is 6.20 Å². The zero-order valence-electron chi connectivity index (χ0n) is 12.6. The first-order chi connectivity index (χ1) is 9.36. The lowest BCUT2D eigenvalue weighted by Crippen LogP contribution is -2.10. The van der Waals surface area contributed by atoms with Crippen LogP contribution in [0.4, 0.5) is 0 Å². The van der Waals surface area contributed by atoms with Gasteiger partial charge >= 0.3 is 0 Å². The van der Waals surface area contributed by atoms with E-state index in [4.69, 9.17) is 10.5 Å². The van der Waals surface area contributed by atoms with Crippen molar-refractivity contribution in [1.82, 2.24) is 4.98 Å². The van der Waals surface area contributed by atoms with Gasteiger partial charge in [0.2, 0.25) is 0 Å². The van der Waals surface area contributed by atoms with E-state index in [9.17, 15) is 0 Å². The largest absolute Gasteiger partial charge is 0.456 e. The first-order valence-corrected chi connectivity index (χ1v) is 6.86. The highest BCUT2D eigenvalue weighted by atomic mass is 16.5.